The van der Waals surface area contributed by atoms with Gasteiger partial charge in [0.2, 0.25) is 11.8 Å². The van der Waals surface area contributed by atoms with Crippen LogP contribution >= 0.6 is 0 Å². The highest BCUT2D eigenvalue weighted by Gasteiger charge is 2.27. The topological polar surface area (TPSA) is 58.2 Å². The minimum Gasteiger partial charge on any atom is -0.352 e. The van der Waals surface area contributed by atoms with Gasteiger partial charge in [0.05, 0.1) is 0 Å². The first-order chi connectivity index (χ1) is 4.20. The van der Waals surface area contributed by atoms with Gasteiger partial charge in [0, 0.05) is 13.5 Å². The van der Waals surface area contributed by atoms with Crippen molar-refractivity contribution >= 4 is 11.8 Å². The van der Waals surface area contributed by atoms with E-state index in [1.807, 2.05) is 0 Å². The Kier molecular flexibility index (Phi) is 1.38. The zero-order chi connectivity index (χ0) is 6.85. The highest BCUT2D eigenvalue weighted by Crippen LogP contribution is 1.91. The Morgan fingerprint density at radius 3 is 2.67 bits per heavy atom. The first kappa shape index (κ1) is 6.07. The molecule has 0 radical (unpaired) electrons. The number of β-lactam (4-membered cyclic amide) rings is 1. The van der Waals surface area contributed by atoms with Gasteiger partial charge in [-0.25, -0.2) is 0 Å². The molecule has 9 heavy (non-hydrogen) atoms. The number of rotatable bonds is 1. The van der Waals surface area contributed by atoms with Gasteiger partial charge in [0.15, 0.2) is 0 Å². The zero-order valence-corrected chi connectivity index (χ0v) is 5.10. The molecule has 4 nitrogen and oxygen atoms in total. The maximum Gasteiger partial charge on any atom is 0.244 e. The van der Waals surface area contributed by atoms with Gasteiger partial charge in [0.25, 0.3) is 0 Å². The smallest absolute Gasteiger partial charge is 0.244 e. The molecule has 1 atom stereocenters. The van der Waals surface area contributed by atoms with E-state index in [0.29, 0.717) is 6.54 Å². The summed E-state index contributed by atoms with van der Waals surface area (Å²) in [6.07, 6.45) is 0. The largest absolute Gasteiger partial charge is 0.352 e. The monoisotopic (exact) mass is 128 g/mol. The van der Waals surface area contributed by atoms with E-state index in [2.05, 4.69) is 10.6 Å². The second-order valence-corrected chi connectivity index (χ2v) is 2.00. The average Bonchev–Trinajstić information content (AvgIpc) is 1.79. The summed E-state index contributed by atoms with van der Waals surface area (Å²) < 4.78 is 0. The van der Waals surface area contributed by atoms with E-state index < -0.39 is 0 Å². The van der Waals surface area contributed by atoms with Crippen molar-refractivity contribution in [1.82, 2.24) is 10.6 Å². The predicted molar refractivity (Wildman–Crippen MR) is 30.6 cm³/mol. The van der Waals surface area contributed by atoms with Gasteiger partial charge in [-0.1, -0.05) is 0 Å². The van der Waals surface area contributed by atoms with Crippen LogP contribution in [0.2, 0.25) is 0 Å². The molecule has 0 aromatic heterocycles. The van der Waals surface area contributed by atoms with Gasteiger partial charge in [-0.05, 0) is 0 Å². The molecule has 0 aromatic rings. The Labute approximate surface area is 52.6 Å². The van der Waals surface area contributed by atoms with Crippen LogP contribution in [0.15, 0.2) is 0 Å². The molecule has 0 aromatic carbocycles. The number of carbonyl (C=O) groups is 2. The molecule has 0 spiro atoms. The summed E-state index contributed by atoms with van der Waals surface area (Å²) in [5.74, 6) is -0.250. The Hall–Kier alpha value is -1.06. The summed E-state index contributed by atoms with van der Waals surface area (Å²) in [6, 6.07) is -0.275. The molecule has 1 aliphatic heterocycles. The summed E-state index contributed by atoms with van der Waals surface area (Å²) in [5.41, 5.74) is 0. The molecule has 4 heteroatoms. The lowest BCUT2D eigenvalue weighted by molar-refractivity contribution is -0.132. The Morgan fingerprint density at radius 1 is 1.89 bits per heavy atom. The molecule has 1 heterocycles. The van der Waals surface area contributed by atoms with Gasteiger partial charge < -0.3 is 10.6 Å². The maximum absolute atomic E-state index is 10.4. The second-order valence-electron chi connectivity index (χ2n) is 2.00. The van der Waals surface area contributed by atoms with Crippen molar-refractivity contribution in [3.8, 4) is 0 Å². The number of hydrogen-bond donors (Lipinski definition) is 2. The summed E-state index contributed by atoms with van der Waals surface area (Å²) in [4.78, 5) is 20.7. The SMILES string of the molecule is CC(=O)N[C@@H]1CNC1=O. The normalized spacial score (nSPS) is 24.1. The van der Waals surface area contributed by atoms with Crippen LogP contribution in [0.25, 0.3) is 0 Å². The van der Waals surface area contributed by atoms with Crippen LogP contribution < -0.4 is 10.6 Å². The fourth-order valence-electron chi connectivity index (χ4n) is 0.649. The molecule has 0 saturated carbocycles. The second kappa shape index (κ2) is 2.05. The lowest BCUT2D eigenvalue weighted by Crippen LogP contribution is -2.61. The minimum atomic E-state index is -0.275. The van der Waals surface area contributed by atoms with Crippen LogP contribution in [0.1, 0.15) is 6.92 Å². The molecular weight excluding hydrogens is 120 g/mol. The maximum atomic E-state index is 10.4. The lowest BCUT2D eigenvalue weighted by Gasteiger charge is -2.25. The molecule has 1 fully saturated rings. The van der Waals surface area contributed by atoms with Gasteiger partial charge >= 0.3 is 0 Å². The van der Waals surface area contributed by atoms with Gasteiger partial charge in [0.1, 0.15) is 6.04 Å². The Morgan fingerprint density at radius 2 is 2.56 bits per heavy atom. The van der Waals surface area contributed by atoms with Crippen LogP contribution in [0.3, 0.4) is 0 Å². The zero-order valence-electron chi connectivity index (χ0n) is 5.10. The van der Waals surface area contributed by atoms with E-state index in [4.69, 9.17) is 0 Å². The van der Waals surface area contributed by atoms with Gasteiger partial charge in [-0.15, -0.1) is 0 Å². The highest BCUT2D eigenvalue weighted by molar-refractivity contribution is 5.91. The van der Waals surface area contributed by atoms with Crippen molar-refractivity contribution in [2.75, 3.05) is 6.54 Å². The molecule has 0 aliphatic carbocycles. The van der Waals surface area contributed by atoms with E-state index in [-0.39, 0.29) is 17.9 Å². The summed E-state index contributed by atoms with van der Waals surface area (Å²) in [5, 5.41) is 4.99. The van der Waals surface area contributed by atoms with E-state index in [0.717, 1.165) is 0 Å². The van der Waals surface area contributed by atoms with Gasteiger partial charge in [-0.3, -0.25) is 9.59 Å². The third kappa shape index (κ3) is 1.19. The van der Waals surface area contributed by atoms with Crippen molar-refractivity contribution in [3.63, 3.8) is 0 Å². The van der Waals surface area contributed by atoms with Crippen LogP contribution in [0, 0.1) is 0 Å². The van der Waals surface area contributed by atoms with Crippen molar-refractivity contribution < 1.29 is 9.59 Å². The summed E-state index contributed by atoms with van der Waals surface area (Å²) >= 11 is 0. The fourth-order valence-corrected chi connectivity index (χ4v) is 0.649. The minimum absolute atomic E-state index is 0.0924. The molecular formula is C5H8N2O2. The predicted octanol–water partition coefficient (Wildman–Crippen LogP) is -1.38. The summed E-state index contributed by atoms with van der Waals surface area (Å²) in [7, 11) is 0. The van der Waals surface area contributed by atoms with Gasteiger partial charge in [-0.2, -0.15) is 0 Å². The van der Waals surface area contributed by atoms with Crippen LogP contribution in [0.4, 0.5) is 0 Å². The first-order valence-electron chi connectivity index (χ1n) is 2.75. The first-order valence-corrected chi connectivity index (χ1v) is 2.75. The molecule has 0 unspecified atom stereocenters. The van der Waals surface area contributed by atoms with E-state index in [1.165, 1.54) is 6.92 Å². The standard InChI is InChI=1S/C5H8N2O2/c1-3(8)7-4-2-6-5(4)9/h4H,2H2,1H3,(H,6,9)(H,7,8)/t4-/m1/s1. The van der Waals surface area contributed by atoms with Crippen molar-refractivity contribution in [3.05, 3.63) is 0 Å². The number of nitrogens with one attached hydrogen (secondary N) is 2. The molecule has 1 rings (SSSR count). The third-order valence-electron chi connectivity index (χ3n) is 1.17. The average molecular weight is 128 g/mol. The molecule has 2 N–H and O–H groups in total. The van der Waals surface area contributed by atoms with Crippen LogP contribution in [0.5, 0.6) is 0 Å². The van der Waals surface area contributed by atoms with Crippen LogP contribution in [-0.2, 0) is 9.59 Å². The molecule has 1 saturated heterocycles. The van der Waals surface area contributed by atoms with Crippen molar-refractivity contribution in [2.24, 2.45) is 0 Å². The number of amides is 2. The quantitative estimate of drug-likeness (QED) is 0.428. The lowest BCUT2D eigenvalue weighted by atomic mass is 10.1. The van der Waals surface area contributed by atoms with Crippen molar-refractivity contribution in [2.45, 2.75) is 13.0 Å². The fraction of sp³-hybridized carbons (Fsp3) is 0.600. The number of carbonyl (C=O) groups excluding carboxylic acids is 2. The van der Waals surface area contributed by atoms with Crippen molar-refractivity contribution in [1.29, 1.82) is 0 Å². The van der Waals surface area contributed by atoms with E-state index in [9.17, 15) is 9.59 Å². The molecule has 2 amide bonds. The molecule has 0 bridgehead atoms. The number of hydrogen-bond acceptors (Lipinski definition) is 2. The highest BCUT2D eigenvalue weighted by atomic mass is 16.2. The molecule has 50 valence electrons. The third-order valence-corrected chi connectivity index (χ3v) is 1.17. The Bertz CT molecular complexity index is 155. The summed E-state index contributed by atoms with van der Waals surface area (Å²) in [6.45, 7) is 1.96. The van der Waals surface area contributed by atoms with Crippen LogP contribution in [-0.4, -0.2) is 24.4 Å². The van der Waals surface area contributed by atoms with E-state index >= 15 is 0 Å². The molecule has 1 aliphatic rings. The van der Waals surface area contributed by atoms with E-state index in [1.54, 1.807) is 0 Å². The Balaban J connectivity index is 2.29.